The number of amides is 2. The second-order valence-electron chi connectivity index (χ2n) is 9.63. The molecule has 0 aliphatic rings. The average Bonchev–Trinajstić information content (AvgIpc) is 2.93. The Balaban J connectivity index is 1.91. The first kappa shape index (κ1) is 29.8. The minimum atomic E-state index is -1.06. The van der Waals surface area contributed by atoms with Crippen molar-refractivity contribution in [3.05, 3.63) is 112 Å². The van der Waals surface area contributed by atoms with Crippen LogP contribution in [0.4, 0.5) is 0 Å². The van der Waals surface area contributed by atoms with Gasteiger partial charge in [-0.1, -0.05) is 42.5 Å². The number of primary amides is 1. The van der Waals surface area contributed by atoms with Gasteiger partial charge in [-0.05, 0) is 80.4 Å². The lowest BCUT2D eigenvalue weighted by Gasteiger charge is -2.32. The molecule has 0 radical (unpaired) electrons. The Bertz CT molecular complexity index is 1410. The monoisotopic (exact) mass is 541 g/mol. The van der Waals surface area contributed by atoms with Gasteiger partial charge in [-0.25, -0.2) is 4.79 Å². The maximum Gasteiger partial charge on any atom is 0.335 e. The van der Waals surface area contributed by atoms with Gasteiger partial charge < -0.3 is 26.8 Å². The Morgan fingerprint density at radius 2 is 1.62 bits per heavy atom. The minimum Gasteiger partial charge on any atom is -0.478 e. The summed E-state index contributed by atoms with van der Waals surface area (Å²) in [5, 5.41) is 12.7. The molecule has 0 aromatic heterocycles. The molecule has 0 aliphatic heterocycles. The third kappa shape index (κ3) is 7.42. The Hall–Kier alpha value is -4.76. The number of carbonyl (C=O) groups is 3. The highest BCUT2D eigenvalue weighted by Crippen LogP contribution is 2.20. The van der Waals surface area contributed by atoms with Crippen molar-refractivity contribution in [2.45, 2.75) is 45.9 Å². The summed E-state index contributed by atoms with van der Waals surface area (Å²) in [5.41, 5.74) is 17.0. The van der Waals surface area contributed by atoms with Gasteiger partial charge in [-0.3, -0.25) is 14.6 Å². The summed E-state index contributed by atoms with van der Waals surface area (Å²) < 4.78 is 0. The van der Waals surface area contributed by atoms with E-state index in [-0.39, 0.29) is 24.4 Å². The van der Waals surface area contributed by atoms with Crippen LogP contribution in [0.2, 0.25) is 0 Å². The van der Waals surface area contributed by atoms with Crippen molar-refractivity contribution in [3.63, 3.8) is 0 Å². The fourth-order valence-electron chi connectivity index (χ4n) is 4.50. The zero-order valence-corrected chi connectivity index (χ0v) is 22.9. The van der Waals surface area contributed by atoms with E-state index in [0.29, 0.717) is 16.8 Å². The summed E-state index contributed by atoms with van der Waals surface area (Å²) in [6.07, 6.45) is 1.39. The molecule has 0 spiro atoms. The standard InChI is InChI=1S/C31H35N5O4/c1-19-13-25(29(33)37)14-20(2)26(19)16-27(32)30(38)36(18-22-9-8-12-24(15-22)31(39)40)21(3)35-17-28(34-4)23-10-6-5-7-11-23/h5-15,17,21,27,35H,4,16,18,32H2,1-3H3,(H2,33,37)(H,39,40)/b28-17-/t21?,27-/m0/s1. The first-order chi connectivity index (χ1) is 19.0. The maximum absolute atomic E-state index is 13.8. The van der Waals surface area contributed by atoms with Crippen LogP contribution in [0, 0.1) is 13.8 Å². The molecular formula is C31H35N5O4. The van der Waals surface area contributed by atoms with Crippen molar-refractivity contribution in [3.8, 4) is 0 Å². The SMILES string of the molecule is C=N/C(=C\NC(C)N(Cc1cccc(C(=O)O)c1)C(=O)[C@@H](N)Cc1c(C)cc(C(N)=O)cc1C)c1ccccc1. The molecule has 3 aromatic rings. The Morgan fingerprint density at radius 1 is 1.00 bits per heavy atom. The molecule has 208 valence electrons. The number of rotatable bonds is 12. The third-order valence-corrected chi connectivity index (χ3v) is 6.70. The number of aliphatic imine (C=N–C) groups is 1. The van der Waals surface area contributed by atoms with Crippen molar-refractivity contribution in [2.75, 3.05) is 0 Å². The molecule has 3 rings (SSSR count). The van der Waals surface area contributed by atoms with E-state index in [1.807, 2.05) is 51.1 Å². The van der Waals surface area contributed by atoms with Crippen molar-refractivity contribution in [1.29, 1.82) is 0 Å². The van der Waals surface area contributed by atoms with E-state index < -0.39 is 24.1 Å². The average molecular weight is 542 g/mol. The molecule has 0 fully saturated rings. The molecule has 9 nitrogen and oxygen atoms in total. The molecule has 2 atom stereocenters. The first-order valence-electron chi connectivity index (χ1n) is 12.8. The number of aryl methyl sites for hydroxylation is 2. The number of nitrogens with two attached hydrogens (primary N) is 2. The molecule has 2 amide bonds. The molecule has 0 heterocycles. The quantitative estimate of drug-likeness (QED) is 0.203. The van der Waals surface area contributed by atoms with Crippen LogP contribution in [-0.4, -0.2) is 46.7 Å². The zero-order chi connectivity index (χ0) is 29.4. The number of hydrogen-bond acceptors (Lipinski definition) is 6. The number of aromatic carboxylic acids is 1. The molecule has 0 aliphatic carbocycles. The van der Waals surface area contributed by atoms with E-state index in [1.165, 1.54) is 12.1 Å². The lowest BCUT2D eigenvalue weighted by Crippen LogP contribution is -2.52. The lowest BCUT2D eigenvalue weighted by molar-refractivity contribution is -0.135. The van der Waals surface area contributed by atoms with Gasteiger partial charge in [0, 0.05) is 23.9 Å². The topological polar surface area (TPSA) is 151 Å². The van der Waals surface area contributed by atoms with Crippen LogP contribution in [0.15, 0.2) is 77.9 Å². The number of carboxylic acid groups (broad SMARTS) is 1. The lowest BCUT2D eigenvalue weighted by atomic mass is 9.93. The summed E-state index contributed by atoms with van der Waals surface area (Å²) >= 11 is 0. The predicted molar refractivity (Wildman–Crippen MR) is 157 cm³/mol. The highest BCUT2D eigenvalue weighted by Gasteiger charge is 2.27. The van der Waals surface area contributed by atoms with Gasteiger partial charge in [0.1, 0.15) is 0 Å². The molecule has 0 saturated carbocycles. The van der Waals surface area contributed by atoms with Crippen LogP contribution in [0.1, 0.15) is 55.5 Å². The normalized spacial score (nSPS) is 12.8. The number of nitrogens with one attached hydrogen (secondary N) is 1. The van der Waals surface area contributed by atoms with Crippen LogP contribution >= 0.6 is 0 Å². The van der Waals surface area contributed by atoms with Crippen LogP contribution < -0.4 is 16.8 Å². The molecule has 0 bridgehead atoms. The summed E-state index contributed by atoms with van der Waals surface area (Å²) in [6.45, 7) is 9.29. The van der Waals surface area contributed by atoms with Crippen molar-refractivity contribution in [1.82, 2.24) is 10.2 Å². The number of hydrogen-bond donors (Lipinski definition) is 4. The van der Waals surface area contributed by atoms with Gasteiger partial charge >= 0.3 is 5.97 Å². The van der Waals surface area contributed by atoms with Crippen molar-refractivity contribution in [2.24, 2.45) is 16.5 Å². The van der Waals surface area contributed by atoms with E-state index in [1.54, 1.807) is 35.4 Å². The first-order valence-corrected chi connectivity index (χ1v) is 12.8. The molecule has 1 unspecified atom stereocenters. The van der Waals surface area contributed by atoms with Gasteiger partial charge in [0.15, 0.2) is 0 Å². The van der Waals surface area contributed by atoms with Gasteiger partial charge in [-0.15, -0.1) is 0 Å². The van der Waals surface area contributed by atoms with Crippen LogP contribution in [0.25, 0.3) is 5.70 Å². The van der Waals surface area contributed by atoms with E-state index >= 15 is 0 Å². The minimum absolute atomic E-state index is 0.121. The molecule has 3 aromatic carbocycles. The largest absolute Gasteiger partial charge is 0.478 e. The molecule has 6 N–H and O–H groups in total. The third-order valence-electron chi connectivity index (χ3n) is 6.70. The van der Waals surface area contributed by atoms with Crippen LogP contribution in [-0.2, 0) is 17.8 Å². The smallest absolute Gasteiger partial charge is 0.335 e. The van der Waals surface area contributed by atoms with E-state index in [9.17, 15) is 19.5 Å². The fraction of sp³-hybridized carbons (Fsp3) is 0.226. The Morgan fingerprint density at radius 3 is 2.20 bits per heavy atom. The second-order valence-corrected chi connectivity index (χ2v) is 9.63. The maximum atomic E-state index is 13.8. The van der Waals surface area contributed by atoms with Gasteiger partial charge in [-0.2, -0.15) is 0 Å². The zero-order valence-electron chi connectivity index (χ0n) is 22.9. The van der Waals surface area contributed by atoms with Gasteiger partial charge in [0.05, 0.1) is 23.5 Å². The summed E-state index contributed by atoms with van der Waals surface area (Å²) in [4.78, 5) is 42.7. The molecule has 0 saturated heterocycles. The van der Waals surface area contributed by atoms with E-state index in [2.05, 4.69) is 17.0 Å². The Kier molecular flexibility index (Phi) is 9.94. The van der Waals surface area contributed by atoms with E-state index in [0.717, 1.165) is 22.3 Å². The number of carboxylic acids is 1. The Labute approximate surface area is 234 Å². The second kappa shape index (κ2) is 13.3. The summed E-state index contributed by atoms with van der Waals surface area (Å²) in [7, 11) is 0. The fourth-order valence-corrected chi connectivity index (χ4v) is 4.50. The summed E-state index contributed by atoms with van der Waals surface area (Å²) in [6, 6.07) is 18.4. The number of nitrogens with zero attached hydrogens (tertiary/aromatic N) is 2. The molecule has 9 heteroatoms. The summed E-state index contributed by atoms with van der Waals surface area (Å²) in [5.74, 6) is -1.91. The number of benzene rings is 3. The highest BCUT2D eigenvalue weighted by molar-refractivity contribution is 5.93. The van der Waals surface area contributed by atoms with Crippen molar-refractivity contribution >= 4 is 30.2 Å². The van der Waals surface area contributed by atoms with Crippen molar-refractivity contribution < 1.29 is 19.5 Å². The van der Waals surface area contributed by atoms with Gasteiger partial charge in [0.25, 0.3) is 0 Å². The predicted octanol–water partition coefficient (Wildman–Crippen LogP) is 3.63. The van der Waals surface area contributed by atoms with Gasteiger partial charge in [0.2, 0.25) is 11.8 Å². The van der Waals surface area contributed by atoms with Crippen LogP contribution in [0.5, 0.6) is 0 Å². The number of carbonyl (C=O) groups excluding carboxylic acids is 2. The molecule has 40 heavy (non-hydrogen) atoms. The highest BCUT2D eigenvalue weighted by atomic mass is 16.4. The molecular weight excluding hydrogens is 506 g/mol. The van der Waals surface area contributed by atoms with Crippen LogP contribution in [0.3, 0.4) is 0 Å². The van der Waals surface area contributed by atoms with E-state index in [4.69, 9.17) is 11.5 Å².